The number of hydrogen-bond acceptors (Lipinski definition) is 3. The van der Waals surface area contributed by atoms with Crippen LogP contribution in [0.3, 0.4) is 0 Å². The highest BCUT2D eigenvalue weighted by molar-refractivity contribution is 7.60. The van der Waals surface area contributed by atoms with Gasteiger partial charge in [0.05, 0.1) is 5.66 Å². The predicted octanol–water partition coefficient (Wildman–Crippen LogP) is 1.78. The number of hydrogen-bond donors (Lipinski definition) is 2. The summed E-state index contributed by atoms with van der Waals surface area (Å²) in [6.07, 6.45) is 3.00. The molecular formula is C5H11O5P2+. The Kier molecular flexibility index (Phi) is 3.38. The van der Waals surface area contributed by atoms with E-state index in [1.807, 2.05) is 0 Å². The molecule has 0 aromatic rings. The molecule has 1 aliphatic rings. The molecule has 1 saturated carbocycles. The average molecular weight is 213 g/mol. The summed E-state index contributed by atoms with van der Waals surface area (Å²) < 4.78 is 25.5. The highest BCUT2D eigenvalue weighted by atomic mass is 31.2. The van der Waals surface area contributed by atoms with Crippen molar-refractivity contribution in [1.82, 2.24) is 0 Å². The second-order valence-corrected chi connectivity index (χ2v) is 5.81. The minimum absolute atomic E-state index is 0.441. The summed E-state index contributed by atoms with van der Waals surface area (Å²) in [7, 11) is -6.80. The van der Waals surface area contributed by atoms with Crippen molar-refractivity contribution >= 4 is 15.9 Å². The first-order valence-corrected chi connectivity index (χ1v) is 6.48. The van der Waals surface area contributed by atoms with Crippen molar-refractivity contribution in [2.45, 2.75) is 31.3 Å². The van der Waals surface area contributed by atoms with E-state index in [2.05, 4.69) is 4.31 Å². The molecule has 0 spiro atoms. The van der Waals surface area contributed by atoms with E-state index in [4.69, 9.17) is 4.89 Å². The molecule has 1 fully saturated rings. The topological polar surface area (TPSA) is 83.8 Å². The fourth-order valence-electron chi connectivity index (χ4n) is 1.40. The van der Waals surface area contributed by atoms with E-state index in [9.17, 15) is 14.0 Å². The monoisotopic (exact) mass is 213 g/mol. The zero-order chi connectivity index (χ0) is 9.19. The van der Waals surface area contributed by atoms with Crippen LogP contribution < -0.4 is 0 Å². The van der Waals surface area contributed by atoms with Crippen LogP contribution >= 0.6 is 15.9 Å². The van der Waals surface area contributed by atoms with Gasteiger partial charge in [-0.15, -0.1) is 4.89 Å². The Morgan fingerprint density at radius 3 is 2.33 bits per heavy atom. The zero-order valence-corrected chi connectivity index (χ0v) is 8.21. The highest BCUT2D eigenvalue weighted by Crippen LogP contribution is 2.58. The summed E-state index contributed by atoms with van der Waals surface area (Å²) >= 11 is 0. The second-order valence-electron chi connectivity index (χ2n) is 2.82. The van der Waals surface area contributed by atoms with Crippen molar-refractivity contribution in [3.63, 3.8) is 0 Å². The van der Waals surface area contributed by atoms with Gasteiger partial charge in [0.1, 0.15) is 0 Å². The maximum atomic E-state index is 11.2. The van der Waals surface area contributed by atoms with Gasteiger partial charge in [0.2, 0.25) is 0 Å². The summed E-state index contributed by atoms with van der Waals surface area (Å²) in [4.78, 5) is 17.5. The molecule has 0 aromatic carbocycles. The second kappa shape index (κ2) is 3.95. The van der Waals surface area contributed by atoms with Gasteiger partial charge in [-0.05, 0) is 17.2 Å². The van der Waals surface area contributed by atoms with Crippen LogP contribution in [0.1, 0.15) is 25.7 Å². The van der Waals surface area contributed by atoms with Crippen molar-refractivity contribution in [3.05, 3.63) is 0 Å². The molecule has 1 aliphatic carbocycles. The average Bonchev–Trinajstić information content (AvgIpc) is 2.32. The lowest BCUT2D eigenvalue weighted by atomic mass is 10.4. The predicted molar refractivity (Wildman–Crippen MR) is 43.0 cm³/mol. The summed E-state index contributed by atoms with van der Waals surface area (Å²) in [6, 6.07) is 0. The maximum absolute atomic E-state index is 11.2. The van der Waals surface area contributed by atoms with Crippen molar-refractivity contribution in [2.24, 2.45) is 0 Å². The SMILES string of the molecule is O=[P+](O)OP(=O)(O)C1CCCC1. The van der Waals surface area contributed by atoms with Gasteiger partial charge in [-0.25, -0.2) is 0 Å². The van der Waals surface area contributed by atoms with Crippen LogP contribution in [0.4, 0.5) is 0 Å². The Morgan fingerprint density at radius 1 is 1.42 bits per heavy atom. The molecule has 5 nitrogen and oxygen atoms in total. The van der Waals surface area contributed by atoms with Gasteiger partial charge in [0.15, 0.2) is 0 Å². The third-order valence-corrected chi connectivity index (χ3v) is 4.91. The third kappa shape index (κ3) is 2.61. The van der Waals surface area contributed by atoms with Gasteiger partial charge in [-0.3, -0.25) is 4.57 Å². The Hall–Kier alpha value is 0.210. The zero-order valence-electron chi connectivity index (χ0n) is 6.42. The van der Waals surface area contributed by atoms with E-state index in [1.165, 1.54) is 0 Å². The molecule has 70 valence electrons. The van der Waals surface area contributed by atoms with E-state index in [-0.39, 0.29) is 0 Å². The summed E-state index contributed by atoms with van der Waals surface area (Å²) in [5, 5.41) is 0. The minimum Gasteiger partial charge on any atom is -0.322 e. The van der Waals surface area contributed by atoms with Crippen LogP contribution in [-0.4, -0.2) is 15.4 Å². The number of rotatable bonds is 3. The van der Waals surface area contributed by atoms with E-state index in [1.54, 1.807) is 0 Å². The van der Waals surface area contributed by atoms with E-state index in [0.717, 1.165) is 12.8 Å². The molecule has 7 heteroatoms. The molecule has 0 radical (unpaired) electrons. The van der Waals surface area contributed by atoms with Crippen molar-refractivity contribution in [3.8, 4) is 0 Å². The molecule has 2 N–H and O–H groups in total. The molecule has 0 heterocycles. The summed E-state index contributed by atoms with van der Waals surface area (Å²) in [5.74, 6) is 0. The standard InChI is InChI=1S/C5H10O5P2/c6-11(7)10-12(8,9)5-3-1-2-4-5/h5H,1-4H2,(H-,6,7,8,9)/p+1. The third-order valence-electron chi connectivity index (χ3n) is 1.97. The van der Waals surface area contributed by atoms with Crippen LogP contribution in [0.25, 0.3) is 0 Å². The molecule has 12 heavy (non-hydrogen) atoms. The van der Waals surface area contributed by atoms with Crippen LogP contribution in [0, 0.1) is 0 Å². The van der Waals surface area contributed by atoms with Gasteiger partial charge in [0, 0.05) is 4.57 Å². The molecule has 0 amide bonds. The molecule has 0 aromatic heterocycles. The van der Waals surface area contributed by atoms with E-state index in [0.29, 0.717) is 12.8 Å². The fraction of sp³-hybridized carbons (Fsp3) is 1.00. The van der Waals surface area contributed by atoms with Crippen molar-refractivity contribution < 1.29 is 23.2 Å². The maximum Gasteiger partial charge on any atom is 0.703 e. The van der Waals surface area contributed by atoms with Crippen LogP contribution in [-0.2, 0) is 13.4 Å². The Labute approximate surface area is 71.2 Å². The molecule has 2 atom stereocenters. The normalized spacial score (nSPS) is 25.3. The van der Waals surface area contributed by atoms with Gasteiger partial charge in [-0.1, -0.05) is 12.8 Å². The summed E-state index contributed by atoms with van der Waals surface area (Å²) in [6.45, 7) is 0. The van der Waals surface area contributed by atoms with Crippen LogP contribution in [0.2, 0.25) is 0 Å². The van der Waals surface area contributed by atoms with Gasteiger partial charge >= 0.3 is 15.9 Å². The fourth-order valence-corrected chi connectivity index (χ4v) is 3.75. The molecule has 0 aliphatic heterocycles. The van der Waals surface area contributed by atoms with Crippen molar-refractivity contribution in [1.29, 1.82) is 0 Å². The lowest BCUT2D eigenvalue weighted by Gasteiger charge is -2.09. The van der Waals surface area contributed by atoms with E-state index >= 15 is 0 Å². The first kappa shape index (κ1) is 10.3. The largest absolute Gasteiger partial charge is 0.703 e. The Bertz CT molecular complexity index is 222. The van der Waals surface area contributed by atoms with Crippen LogP contribution in [0.5, 0.6) is 0 Å². The molecule has 0 saturated heterocycles. The Morgan fingerprint density at radius 2 is 1.92 bits per heavy atom. The van der Waals surface area contributed by atoms with Gasteiger partial charge in [0.25, 0.3) is 0 Å². The molecular weight excluding hydrogens is 202 g/mol. The smallest absolute Gasteiger partial charge is 0.322 e. The first-order chi connectivity index (χ1) is 5.52. The van der Waals surface area contributed by atoms with E-state index < -0.39 is 21.5 Å². The van der Waals surface area contributed by atoms with Crippen molar-refractivity contribution in [2.75, 3.05) is 0 Å². The molecule has 1 rings (SSSR count). The van der Waals surface area contributed by atoms with Crippen LogP contribution in [0.15, 0.2) is 0 Å². The van der Waals surface area contributed by atoms with Gasteiger partial charge < -0.3 is 4.89 Å². The molecule has 0 bridgehead atoms. The first-order valence-electron chi connectivity index (χ1n) is 3.70. The van der Waals surface area contributed by atoms with Gasteiger partial charge in [-0.2, -0.15) is 0 Å². The lowest BCUT2D eigenvalue weighted by Crippen LogP contribution is -2.02. The minimum atomic E-state index is -3.83. The lowest BCUT2D eigenvalue weighted by molar-refractivity contribution is 0.339. The Balaban J connectivity index is 2.57. The molecule has 2 unspecified atom stereocenters. The highest BCUT2D eigenvalue weighted by Gasteiger charge is 2.42. The quantitative estimate of drug-likeness (QED) is 0.698. The summed E-state index contributed by atoms with van der Waals surface area (Å²) in [5.41, 5.74) is -0.441.